The van der Waals surface area contributed by atoms with Crippen LogP contribution in [0.3, 0.4) is 0 Å². The maximum atomic E-state index is 4.30. The number of halogens is 1. The molecule has 19 heavy (non-hydrogen) atoms. The van der Waals surface area contributed by atoms with Gasteiger partial charge in [-0.2, -0.15) is 5.10 Å². The fraction of sp³-hybridized carbons (Fsp3) is 0.400. The van der Waals surface area contributed by atoms with Gasteiger partial charge in [0.05, 0.1) is 22.4 Å². The van der Waals surface area contributed by atoms with Gasteiger partial charge in [0.25, 0.3) is 0 Å². The summed E-state index contributed by atoms with van der Waals surface area (Å²) in [4.78, 5) is 0. The first-order valence-corrected chi connectivity index (χ1v) is 7.23. The van der Waals surface area contributed by atoms with Crippen LogP contribution in [0.25, 0.3) is 0 Å². The zero-order valence-electron chi connectivity index (χ0n) is 11.9. The number of nitrogens with one attached hydrogen (secondary N) is 1. The Kier molecular flexibility index (Phi) is 4.42. The third-order valence-corrected chi connectivity index (χ3v) is 4.16. The van der Waals surface area contributed by atoms with Gasteiger partial charge >= 0.3 is 0 Å². The number of aryl methyl sites for hydroxylation is 3. The second-order valence-corrected chi connectivity index (χ2v) is 5.83. The van der Waals surface area contributed by atoms with Crippen LogP contribution in [0, 0.1) is 13.8 Å². The van der Waals surface area contributed by atoms with E-state index in [1.165, 1.54) is 22.4 Å². The van der Waals surface area contributed by atoms with Crippen LogP contribution in [-0.4, -0.2) is 16.8 Å². The van der Waals surface area contributed by atoms with Crippen molar-refractivity contribution in [1.29, 1.82) is 0 Å². The van der Waals surface area contributed by atoms with Gasteiger partial charge in [0.1, 0.15) is 0 Å². The number of aromatic nitrogens is 2. The molecule has 0 aliphatic carbocycles. The van der Waals surface area contributed by atoms with Crippen molar-refractivity contribution in [3.63, 3.8) is 0 Å². The van der Waals surface area contributed by atoms with E-state index in [1.807, 2.05) is 25.0 Å². The quantitative estimate of drug-likeness (QED) is 0.936. The van der Waals surface area contributed by atoms with E-state index < -0.39 is 0 Å². The van der Waals surface area contributed by atoms with Crippen molar-refractivity contribution in [1.82, 2.24) is 15.1 Å². The molecule has 0 aliphatic heterocycles. The standard InChI is InChI=1S/C15H20BrN3/c1-10-5-6-11(2)12(7-10)8-14(17-3)15-13(16)9-18-19(15)4/h5-7,9,14,17H,8H2,1-4H3. The van der Waals surface area contributed by atoms with Crippen LogP contribution in [0.5, 0.6) is 0 Å². The Balaban J connectivity index is 2.32. The van der Waals surface area contributed by atoms with Crippen LogP contribution in [-0.2, 0) is 13.5 Å². The molecule has 1 unspecified atom stereocenters. The second kappa shape index (κ2) is 5.88. The molecule has 1 aromatic carbocycles. The third kappa shape index (κ3) is 3.07. The summed E-state index contributed by atoms with van der Waals surface area (Å²) in [5.41, 5.74) is 5.21. The predicted molar refractivity (Wildman–Crippen MR) is 82.3 cm³/mol. The minimum absolute atomic E-state index is 0.252. The Hall–Kier alpha value is -1.13. The van der Waals surface area contributed by atoms with E-state index in [4.69, 9.17) is 0 Å². The number of hydrogen-bond donors (Lipinski definition) is 1. The lowest BCUT2D eigenvalue weighted by Gasteiger charge is -2.19. The Morgan fingerprint density at radius 2 is 2.11 bits per heavy atom. The maximum Gasteiger partial charge on any atom is 0.0695 e. The first-order chi connectivity index (χ1) is 9.02. The molecule has 0 saturated carbocycles. The van der Waals surface area contributed by atoms with Gasteiger partial charge in [0, 0.05) is 7.05 Å². The molecule has 1 atom stereocenters. The molecule has 0 saturated heterocycles. The summed E-state index contributed by atoms with van der Waals surface area (Å²) in [6.45, 7) is 4.30. The van der Waals surface area contributed by atoms with Gasteiger partial charge in [-0.3, -0.25) is 4.68 Å². The van der Waals surface area contributed by atoms with E-state index in [0.29, 0.717) is 0 Å². The van der Waals surface area contributed by atoms with Crippen molar-refractivity contribution < 1.29 is 0 Å². The molecule has 1 N–H and O–H groups in total. The molecule has 0 bridgehead atoms. The van der Waals surface area contributed by atoms with E-state index in [9.17, 15) is 0 Å². The lowest BCUT2D eigenvalue weighted by Crippen LogP contribution is -2.22. The molecule has 2 rings (SSSR count). The summed E-state index contributed by atoms with van der Waals surface area (Å²) in [7, 11) is 3.97. The largest absolute Gasteiger partial charge is 0.311 e. The fourth-order valence-electron chi connectivity index (χ4n) is 2.39. The van der Waals surface area contributed by atoms with Gasteiger partial charge in [-0.05, 0) is 54.4 Å². The average Bonchev–Trinajstić information content (AvgIpc) is 2.71. The van der Waals surface area contributed by atoms with E-state index in [-0.39, 0.29) is 6.04 Å². The monoisotopic (exact) mass is 321 g/mol. The average molecular weight is 322 g/mol. The Bertz CT molecular complexity index is 555. The Morgan fingerprint density at radius 1 is 1.37 bits per heavy atom. The number of likely N-dealkylation sites (N-methyl/N-ethyl adjacent to an activating group) is 1. The molecule has 3 nitrogen and oxygen atoms in total. The van der Waals surface area contributed by atoms with Crippen LogP contribution in [0.2, 0.25) is 0 Å². The van der Waals surface area contributed by atoms with E-state index in [2.05, 4.69) is 58.4 Å². The molecule has 102 valence electrons. The van der Waals surface area contributed by atoms with Crippen molar-refractivity contribution in [2.75, 3.05) is 7.05 Å². The smallest absolute Gasteiger partial charge is 0.0695 e. The molecule has 0 amide bonds. The van der Waals surface area contributed by atoms with Crippen molar-refractivity contribution in [3.8, 4) is 0 Å². The highest BCUT2D eigenvalue weighted by atomic mass is 79.9. The molecule has 1 aromatic heterocycles. The summed E-state index contributed by atoms with van der Waals surface area (Å²) in [6.07, 6.45) is 2.81. The highest BCUT2D eigenvalue weighted by Gasteiger charge is 2.18. The molecule has 4 heteroatoms. The predicted octanol–water partition coefficient (Wildman–Crippen LogP) is 3.30. The highest BCUT2D eigenvalue weighted by molar-refractivity contribution is 9.10. The van der Waals surface area contributed by atoms with Gasteiger partial charge in [-0.1, -0.05) is 23.8 Å². The van der Waals surface area contributed by atoms with Crippen LogP contribution in [0.4, 0.5) is 0 Å². The molecule has 2 aromatic rings. The summed E-state index contributed by atoms with van der Waals surface area (Å²) < 4.78 is 2.98. The zero-order valence-corrected chi connectivity index (χ0v) is 13.5. The van der Waals surface area contributed by atoms with Crippen molar-refractivity contribution >= 4 is 15.9 Å². The number of rotatable bonds is 4. The molecular weight excluding hydrogens is 302 g/mol. The normalized spacial score (nSPS) is 12.7. The van der Waals surface area contributed by atoms with Gasteiger partial charge in [0.15, 0.2) is 0 Å². The van der Waals surface area contributed by atoms with Crippen LogP contribution in [0.15, 0.2) is 28.9 Å². The Labute approximate surface area is 123 Å². The summed E-state index contributed by atoms with van der Waals surface area (Å²) in [5, 5.41) is 7.69. The third-order valence-electron chi connectivity index (χ3n) is 3.54. The van der Waals surface area contributed by atoms with Crippen LogP contribution in [0.1, 0.15) is 28.4 Å². The summed E-state index contributed by atoms with van der Waals surface area (Å²) in [6, 6.07) is 6.87. The minimum Gasteiger partial charge on any atom is -0.311 e. The first kappa shape index (κ1) is 14.3. The van der Waals surface area contributed by atoms with E-state index >= 15 is 0 Å². The molecule has 0 spiro atoms. The molecule has 0 radical (unpaired) electrons. The van der Waals surface area contributed by atoms with Gasteiger partial charge < -0.3 is 5.32 Å². The molecule has 0 aliphatic rings. The summed E-state index contributed by atoms with van der Waals surface area (Å²) in [5.74, 6) is 0. The van der Waals surface area contributed by atoms with Crippen LogP contribution < -0.4 is 5.32 Å². The highest BCUT2D eigenvalue weighted by Crippen LogP contribution is 2.26. The second-order valence-electron chi connectivity index (χ2n) is 4.98. The lowest BCUT2D eigenvalue weighted by atomic mass is 9.97. The number of benzene rings is 1. The molecule has 0 fully saturated rings. The van der Waals surface area contributed by atoms with E-state index in [1.54, 1.807) is 0 Å². The van der Waals surface area contributed by atoms with Crippen LogP contribution >= 0.6 is 15.9 Å². The van der Waals surface area contributed by atoms with Gasteiger partial charge in [-0.25, -0.2) is 0 Å². The fourth-order valence-corrected chi connectivity index (χ4v) is 3.01. The topological polar surface area (TPSA) is 29.9 Å². The lowest BCUT2D eigenvalue weighted by molar-refractivity contribution is 0.534. The molecule has 1 heterocycles. The zero-order chi connectivity index (χ0) is 14.0. The maximum absolute atomic E-state index is 4.30. The minimum atomic E-state index is 0.252. The van der Waals surface area contributed by atoms with Gasteiger partial charge in [-0.15, -0.1) is 0 Å². The number of nitrogens with zero attached hydrogens (tertiary/aromatic N) is 2. The SMILES string of the molecule is CNC(Cc1cc(C)ccc1C)c1c(Br)cnn1C. The van der Waals surface area contributed by atoms with Crippen molar-refractivity contribution in [2.24, 2.45) is 7.05 Å². The van der Waals surface area contributed by atoms with Gasteiger partial charge in [0.2, 0.25) is 0 Å². The van der Waals surface area contributed by atoms with Crippen molar-refractivity contribution in [3.05, 3.63) is 51.3 Å². The van der Waals surface area contributed by atoms with Crippen molar-refractivity contribution in [2.45, 2.75) is 26.3 Å². The first-order valence-electron chi connectivity index (χ1n) is 6.43. The number of hydrogen-bond acceptors (Lipinski definition) is 2. The molecular formula is C15H20BrN3. The Morgan fingerprint density at radius 3 is 2.68 bits per heavy atom. The summed E-state index contributed by atoms with van der Waals surface area (Å²) >= 11 is 3.58. The van der Waals surface area contributed by atoms with E-state index in [0.717, 1.165) is 10.9 Å².